The SMILES string of the molecule is C=C1OCc2c(cc3n(c2=O)Cc2c-3nc3cc(F)c(C)c4c3c2C(NC(=O)CO)CC4)C1CC. The van der Waals surface area contributed by atoms with Crippen molar-refractivity contribution in [2.75, 3.05) is 6.61 Å². The van der Waals surface area contributed by atoms with E-state index in [9.17, 15) is 19.1 Å². The molecule has 2 N–H and O–H groups in total. The molecule has 3 aliphatic rings. The Hall–Kier alpha value is -3.52. The van der Waals surface area contributed by atoms with E-state index in [-0.39, 0.29) is 29.9 Å². The van der Waals surface area contributed by atoms with Crippen molar-refractivity contribution in [1.29, 1.82) is 0 Å². The van der Waals surface area contributed by atoms with Gasteiger partial charge in [-0.05, 0) is 54.5 Å². The Labute approximate surface area is 201 Å². The number of fused-ring (bicyclic) bond motifs is 5. The molecule has 180 valence electrons. The molecule has 2 atom stereocenters. The van der Waals surface area contributed by atoms with E-state index in [1.165, 1.54) is 6.07 Å². The predicted molar refractivity (Wildman–Crippen MR) is 128 cm³/mol. The molecular formula is C27H26FN3O4. The summed E-state index contributed by atoms with van der Waals surface area (Å²) in [6.07, 6.45) is 1.91. The fraction of sp³-hybridized carbons (Fsp3) is 0.370. The van der Waals surface area contributed by atoms with Gasteiger partial charge < -0.3 is 19.7 Å². The molecule has 4 heterocycles. The number of carbonyl (C=O) groups is 1. The standard InChI is InChI=1S/C27H26FN3O4/c1-4-14-13(3)35-11-18-16(14)7-22-26-17(9-31(22)27(18)34)25-20(29-23(33)10-32)6-5-15-12(2)19(28)8-21(30-26)24(15)25/h7-8,14,20,32H,3-6,9-11H2,1-2H3,(H,29,33). The third-order valence-electron chi connectivity index (χ3n) is 7.82. The van der Waals surface area contributed by atoms with E-state index in [2.05, 4.69) is 11.9 Å². The van der Waals surface area contributed by atoms with Crippen LogP contribution in [-0.4, -0.2) is 27.2 Å². The Balaban J connectivity index is 1.65. The summed E-state index contributed by atoms with van der Waals surface area (Å²) in [5.41, 5.74) is 6.45. The van der Waals surface area contributed by atoms with Gasteiger partial charge in [0, 0.05) is 22.9 Å². The summed E-state index contributed by atoms with van der Waals surface area (Å²) in [7, 11) is 0. The fourth-order valence-electron chi connectivity index (χ4n) is 6.09. The van der Waals surface area contributed by atoms with Crippen molar-refractivity contribution in [3.63, 3.8) is 0 Å². The predicted octanol–water partition coefficient (Wildman–Crippen LogP) is 3.51. The number of amides is 1. The average molecular weight is 476 g/mol. The van der Waals surface area contributed by atoms with Crippen LogP contribution in [0.2, 0.25) is 0 Å². The first-order chi connectivity index (χ1) is 16.8. The number of nitrogens with zero attached hydrogens (tertiary/aromatic N) is 2. The van der Waals surface area contributed by atoms with Crippen LogP contribution in [0.4, 0.5) is 4.39 Å². The molecule has 0 spiro atoms. The van der Waals surface area contributed by atoms with Crippen LogP contribution >= 0.6 is 0 Å². The second-order valence-corrected chi connectivity index (χ2v) is 9.60. The van der Waals surface area contributed by atoms with Gasteiger partial charge in [-0.1, -0.05) is 13.5 Å². The molecule has 0 fully saturated rings. The normalized spacial score (nSPS) is 19.7. The molecule has 2 aromatic heterocycles. The van der Waals surface area contributed by atoms with Crippen LogP contribution in [0.5, 0.6) is 0 Å². The molecule has 0 radical (unpaired) electrons. The number of aliphatic hydroxyl groups is 1. The highest BCUT2D eigenvalue weighted by Gasteiger charge is 2.36. The summed E-state index contributed by atoms with van der Waals surface area (Å²) >= 11 is 0. The lowest BCUT2D eigenvalue weighted by molar-refractivity contribution is -0.124. The second-order valence-electron chi connectivity index (χ2n) is 9.60. The van der Waals surface area contributed by atoms with E-state index in [1.807, 2.05) is 13.0 Å². The van der Waals surface area contributed by atoms with Gasteiger partial charge in [0.1, 0.15) is 19.0 Å². The zero-order chi connectivity index (χ0) is 24.6. The van der Waals surface area contributed by atoms with E-state index in [4.69, 9.17) is 9.72 Å². The number of aryl methyl sites for hydroxylation is 1. The van der Waals surface area contributed by atoms with Crippen LogP contribution in [-0.2, 0) is 29.1 Å². The maximum Gasteiger partial charge on any atom is 0.258 e. The van der Waals surface area contributed by atoms with Crippen LogP contribution < -0.4 is 10.9 Å². The Morgan fingerprint density at radius 3 is 2.89 bits per heavy atom. The number of aliphatic hydroxyl groups excluding tert-OH is 1. The smallest absolute Gasteiger partial charge is 0.258 e. The number of halogens is 1. The number of benzene rings is 1. The van der Waals surface area contributed by atoms with Gasteiger partial charge in [-0.25, -0.2) is 9.37 Å². The number of nitrogens with one attached hydrogen (secondary N) is 1. The highest BCUT2D eigenvalue weighted by Crippen LogP contribution is 2.45. The molecule has 6 rings (SSSR count). The molecule has 1 aliphatic carbocycles. The molecule has 3 aromatic rings. The van der Waals surface area contributed by atoms with Crippen molar-refractivity contribution in [2.45, 2.75) is 58.2 Å². The number of hydrogen-bond acceptors (Lipinski definition) is 5. The van der Waals surface area contributed by atoms with Gasteiger partial charge in [0.2, 0.25) is 5.91 Å². The van der Waals surface area contributed by atoms with Crippen LogP contribution in [0.15, 0.2) is 29.3 Å². The van der Waals surface area contributed by atoms with Gasteiger partial charge in [0.05, 0.1) is 40.8 Å². The van der Waals surface area contributed by atoms with Crippen LogP contribution in [0.25, 0.3) is 22.3 Å². The zero-order valence-electron chi connectivity index (χ0n) is 19.7. The average Bonchev–Trinajstić information content (AvgIpc) is 3.21. The first-order valence-electron chi connectivity index (χ1n) is 12.0. The molecule has 35 heavy (non-hydrogen) atoms. The quantitative estimate of drug-likeness (QED) is 0.473. The summed E-state index contributed by atoms with van der Waals surface area (Å²) in [6.45, 7) is 7.71. The van der Waals surface area contributed by atoms with E-state index in [0.717, 1.165) is 34.1 Å². The Bertz CT molecular complexity index is 1520. The van der Waals surface area contributed by atoms with E-state index >= 15 is 0 Å². The summed E-state index contributed by atoms with van der Waals surface area (Å²) in [4.78, 5) is 30.6. The number of aromatic nitrogens is 2. The number of hydrogen-bond donors (Lipinski definition) is 2. The summed E-state index contributed by atoms with van der Waals surface area (Å²) in [5.74, 6) is -0.216. The van der Waals surface area contributed by atoms with Gasteiger partial charge >= 0.3 is 0 Å². The summed E-state index contributed by atoms with van der Waals surface area (Å²) < 4.78 is 22.3. The van der Waals surface area contributed by atoms with Crippen molar-refractivity contribution >= 4 is 16.8 Å². The van der Waals surface area contributed by atoms with Gasteiger partial charge in [-0.3, -0.25) is 9.59 Å². The third-order valence-corrected chi connectivity index (χ3v) is 7.82. The maximum atomic E-state index is 14.9. The minimum Gasteiger partial charge on any atom is -0.493 e. The fourth-order valence-corrected chi connectivity index (χ4v) is 6.09. The molecule has 2 aliphatic heterocycles. The topological polar surface area (TPSA) is 93.5 Å². The molecule has 2 unspecified atom stereocenters. The van der Waals surface area contributed by atoms with Crippen molar-refractivity contribution in [2.24, 2.45) is 0 Å². The molecule has 0 saturated carbocycles. The lowest BCUT2D eigenvalue weighted by atomic mass is 9.81. The third kappa shape index (κ3) is 3.02. The van der Waals surface area contributed by atoms with Crippen LogP contribution in [0.3, 0.4) is 0 Å². The zero-order valence-corrected chi connectivity index (χ0v) is 19.7. The van der Waals surface area contributed by atoms with Gasteiger partial charge in [0.15, 0.2) is 0 Å². The minimum atomic E-state index is -0.614. The number of pyridine rings is 2. The first kappa shape index (κ1) is 22.0. The van der Waals surface area contributed by atoms with Crippen molar-refractivity contribution in [1.82, 2.24) is 14.9 Å². The molecule has 0 bridgehead atoms. The largest absolute Gasteiger partial charge is 0.493 e. The van der Waals surface area contributed by atoms with E-state index in [0.29, 0.717) is 53.2 Å². The van der Waals surface area contributed by atoms with Gasteiger partial charge in [-0.15, -0.1) is 0 Å². The second kappa shape index (κ2) is 7.75. The lowest BCUT2D eigenvalue weighted by Gasteiger charge is -2.29. The minimum absolute atomic E-state index is 0.0801. The van der Waals surface area contributed by atoms with Crippen molar-refractivity contribution in [3.05, 3.63) is 74.0 Å². The van der Waals surface area contributed by atoms with Gasteiger partial charge in [-0.2, -0.15) is 0 Å². The molecule has 1 aromatic carbocycles. The Morgan fingerprint density at radius 1 is 1.34 bits per heavy atom. The number of ether oxygens (including phenoxy) is 1. The van der Waals surface area contributed by atoms with Crippen molar-refractivity contribution < 1.29 is 19.0 Å². The molecule has 1 amide bonds. The summed E-state index contributed by atoms with van der Waals surface area (Å²) in [6, 6.07) is 3.08. The van der Waals surface area contributed by atoms with Crippen LogP contribution in [0, 0.1) is 12.7 Å². The number of carbonyl (C=O) groups excluding carboxylic acids is 1. The molecular weight excluding hydrogens is 449 g/mol. The highest BCUT2D eigenvalue weighted by atomic mass is 19.1. The highest BCUT2D eigenvalue weighted by molar-refractivity contribution is 5.93. The molecule has 8 heteroatoms. The van der Waals surface area contributed by atoms with E-state index in [1.54, 1.807) is 11.5 Å². The van der Waals surface area contributed by atoms with Crippen molar-refractivity contribution in [3.8, 4) is 11.4 Å². The van der Waals surface area contributed by atoms with Crippen LogP contribution in [0.1, 0.15) is 65.1 Å². The first-order valence-corrected chi connectivity index (χ1v) is 12.0. The monoisotopic (exact) mass is 475 g/mol. The maximum absolute atomic E-state index is 14.9. The summed E-state index contributed by atoms with van der Waals surface area (Å²) in [5, 5.41) is 13.1. The number of rotatable bonds is 3. The Kier molecular flexibility index (Phi) is 4.86. The molecule has 7 nitrogen and oxygen atoms in total. The van der Waals surface area contributed by atoms with Gasteiger partial charge in [0.25, 0.3) is 5.56 Å². The lowest BCUT2D eigenvalue weighted by Crippen LogP contribution is -2.33. The Morgan fingerprint density at radius 2 is 2.14 bits per heavy atom. The van der Waals surface area contributed by atoms with E-state index < -0.39 is 12.5 Å². The number of allylic oxidation sites excluding steroid dienone is 1. The molecule has 0 saturated heterocycles.